The molecule has 0 aliphatic heterocycles. The summed E-state index contributed by atoms with van der Waals surface area (Å²) in [4.78, 5) is 0. The van der Waals surface area contributed by atoms with Gasteiger partial charge in [0.2, 0.25) is 0 Å². The van der Waals surface area contributed by atoms with Crippen molar-refractivity contribution in [1.29, 1.82) is 0 Å². The first kappa shape index (κ1) is 16.3. The van der Waals surface area contributed by atoms with Crippen molar-refractivity contribution < 1.29 is 21.1 Å². The van der Waals surface area contributed by atoms with Gasteiger partial charge in [-0.3, -0.25) is 0 Å². The molecule has 1 heteroatoms. The van der Waals surface area contributed by atoms with Crippen molar-refractivity contribution >= 4 is 0 Å². The molecule has 0 spiro atoms. The van der Waals surface area contributed by atoms with Crippen LogP contribution >= 0.6 is 0 Å². The van der Waals surface area contributed by atoms with E-state index in [1.54, 1.807) is 0 Å². The van der Waals surface area contributed by atoms with Gasteiger partial charge in [0.1, 0.15) is 0 Å². The molecule has 0 unspecified atom stereocenters. The second kappa shape index (κ2) is 23.4. The van der Waals surface area contributed by atoms with Crippen LogP contribution < -0.4 is 0 Å². The zero-order valence-electron chi connectivity index (χ0n) is 7.24. The molecule has 0 amide bonds. The van der Waals surface area contributed by atoms with Gasteiger partial charge in [-0.25, -0.2) is 0 Å². The van der Waals surface area contributed by atoms with Crippen LogP contribution in [-0.4, -0.2) is 0 Å². The summed E-state index contributed by atoms with van der Waals surface area (Å²) in [5, 5.41) is 0. The van der Waals surface area contributed by atoms with Crippen LogP contribution in [0.2, 0.25) is 0 Å². The van der Waals surface area contributed by atoms with Crippen LogP contribution in [0.5, 0.6) is 0 Å². The van der Waals surface area contributed by atoms with E-state index in [1.165, 1.54) is 25.7 Å². The first-order valence-corrected chi connectivity index (χ1v) is 4.00. The van der Waals surface area contributed by atoms with Crippen LogP contribution in [0.1, 0.15) is 53.4 Å². The van der Waals surface area contributed by atoms with Gasteiger partial charge < -0.3 is 0 Å². The molecule has 1 aliphatic carbocycles. The van der Waals surface area contributed by atoms with E-state index in [4.69, 9.17) is 0 Å². The van der Waals surface area contributed by atoms with Gasteiger partial charge in [0.15, 0.2) is 0 Å². The van der Waals surface area contributed by atoms with Crippen LogP contribution in [-0.2, 0) is 21.1 Å². The summed E-state index contributed by atoms with van der Waals surface area (Å²) >= 11 is 0. The summed E-state index contributed by atoms with van der Waals surface area (Å²) in [5.41, 5.74) is 0. The predicted molar refractivity (Wildman–Crippen MR) is 41.2 cm³/mol. The van der Waals surface area contributed by atoms with Crippen molar-refractivity contribution in [2.45, 2.75) is 53.4 Å². The first-order valence-electron chi connectivity index (χ1n) is 4.00. The number of hydrogen-bond acceptors (Lipinski definition) is 0. The first-order chi connectivity index (χ1) is 4.00. The smallest absolute Gasteiger partial charge is 0 e. The van der Waals surface area contributed by atoms with Gasteiger partial charge >= 0.3 is 0 Å². The van der Waals surface area contributed by atoms with E-state index < -0.39 is 0 Å². The van der Waals surface area contributed by atoms with E-state index in [2.05, 4.69) is 0 Å². The van der Waals surface area contributed by atoms with Gasteiger partial charge in [0.25, 0.3) is 0 Å². The normalized spacial score (nSPS) is 12.0. The van der Waals surface area contributed by atoms with Gasteiger partial charge in [-0.05, 0) is 0 Å². The quantitative estimate of drug-likeness (QED) is 0.641. The summed E-state index contributed by atoms with van der Waals surface area (Å²) in [7, 11) is 0. The maximum Gasteiger partial charge on any atom is 0 e. The van der Waals surface area contributed by atoms with E-state index in [-0.39, 0.29) is 21.1 Å². The SMILES string of the molecule is C1CCC1.CC.CC.[W]. The fraction of sp³-hybridized carbons (Fsp3) is 1.00. The molecule has 0 saturated heterocycles. The van der Waals surface area contributed by atoms with E-state index in [0.29, 0.717) is 0 Å². The molecule has 58 valence electrons. The Morgan fingerprint density at radius 2 is 0.667 bits per heavy atom. The van der Waals surface area contributed by atoms with E-state index in [9.17, 15) is 0 Å². The number of rotatable bonds is 0. The molecule has 0 bridgehead atoms. The minimum absolute atomic E-state index is 0. The standard InChI is InChI=1S/C4H8.2C2H6.W/c1-2-4-3-1;2*1-2;/h1-4H2;2*1-2H3;. The summed E-state index contributed by atoms with van der Waals surface area (Å²) in [6, 6.07) is 0. The minimum atomic E-state index is 0. The molecule has 0 aromatic heterocycles. The fourth-order valence-corrected chi connectivity index (χ4v) is 0.250. The second-order valence-electron chi connectivity index (χ2n) is 1.41. The fourth-order valence-electron chi connectivity index (χ4n) is 0.250. The van der Waals surface area contributed by atoms with Crippen LogP contribution in [0.15, 0.2) is 0 Å². The van der Waals surface area contributed by atoms with Gasteiger partial charge in [-0.2, -0.15) is 0 Å². The molecular formula is C8H20W. The molecule has 1 fully saturated rings. The van der Waals surface area contributed by atoms with Crippen LogP contribution in [0, 0.1) is 0 Å². The van der Waals surface area contributed by atoms with Crippen molar-refractivity contribution in [2.24, 2.45) is 0 Å². The van der Waals surface area contributed by atoms with Crippen LogP contribution in [0.25, 0.3) is 0 Å². The topological polar surface area (TPSA) is 0 Å². The average molecular weight is 300 g/mol. The summed E-state index contributed by atoms with van der Waals surface area (Å²) in [5.74, 6) is 0. The zero-order valence-corrected chi connectivity index (χ0v) is 10.2. The third kappa shape index (κ3) is 17.7. The molecule has 0 N–H and O–H groups in total. The Morgan fingerprint density at radius 1 is 0.556 bits per heavy atom. The average Bonchev–Trinajstić information content (AvgIpc) is 1.72. The van der Waals surface area contributed by atoms with Gasteiger partial charge in [-0.1, -0.05) is 53.4 Å². The van der Waals surface area contributed by atoms with E-state index in [0.717, 1.165) is 0 Å². The molecular weight excluding hydrogens is 280 g/mol. The monoisotopic (exact) mass is 300 g/mol. The largest absolute Gasteiger partial charge is 0.0683 e. The summed E-state index contributed by atoms with van der Waals surface area (Å²) < 4.78 is 0. The molecule has 1 saturated carbocycles. The number of hydrogen-bond donors (Lipinski definition) is 0. The molecule has 0 nitrogen and oxygen atoms in total. The molecule has 1 aliphatic rings. The Morgan fingerprint density at radius 3 is 0.667 bits per heavy atom. The Kier molecular flexibility index (Phi) is 42.4. The Labute approximate surface area is 74.7 Å². The summed E-state index contributed by atoms with van der Waals surface area (Å²) in [6.45, 7) is 8.00. The molecule has 0 radical (unpaired) electrons. The van der Waals surface area contributed by atoms with Crippen molar-refractivity contribution in [2.75, 3.05) is 0 Å². The Hall–Kier alpha value is 0.688. The zero-order chi connectivity index (χ0) is 6.83. The van der Waals surface area contributed by atoms with Crippen molar-refractivity contribution in [3.8, 4) is 0 Å². The second-order valence-corrected chi connectivity index (χ2v) is 1.41. The Bertz CT molecular complexity index is 12.5. The van der Waals surface area contributed by atoms with E-state index in [1.807, 2.05) is 27.7 Å². The van der Waals surface area contributed by atoms with Crippen molar-refractivity contribution in [1.82, 2.24) is 0 Å². The van der Waals surface area contributed by atoms with Gasteiger partial charge in [0.05, 0.1) is 0 Å². The van der Waals surface area contributed by atoms with Gasteiger partial charge in [0, 0.05) is 21.1 Å². The molecule has 9 heavy (non-hydrogen) atoms. The molecule has 0 heterocycles. The van der Waals surface area contributed by atoms with Crippen molar-refractivity contribution in [3.05, 3.63) is 0 Å². The van der Waals surface area contributed by atoms with Crippen LogP contribution in [0.3, 0.4) is 0 Å². The summed E-state index contributed by atoms with van der Waals surface area (Å²) in [6.07, 6.45) is 6.00. The van der Waals surface area contributed by atoms with Gasteiger partial charge in [-0.15, -0.1) is 0 Å². The molecule has 0 aromatic carbocycles. The third-order valence-corrected chi connectivity index (χ3v) is 1.000. The minimum Gasteiger partial charge on any atom is -0.0683 e. The van der Waals surface area contributed by atoms with Crippen LogP contribution in [0.4, 0.5) is 0 Å². The maximum atomic E-state index is 2.00. The predicted octanol–water partition coefficient (Wildman–Crippen LogP) is 3.61. The maximum absolute atomic E-state index is 2.00. The molecule has 0 atom stereocenters. The van der Waals surface area contributed by atoms with Crippen molar-refractivity contribution in [3.63, 3.8) is 0 Å². The Balaban J connectivity index is -0.0000000651. The van der Waals surface area contributed by atoms with E-state index >= 15 is 0 Å². The molecule has 0 aromatic rings. The third-order valence-electron chi connectivity index (χ3n) is 1.000. The molecule has 1 rings (SSSR count).